The van der Waals surface area contributed by atoms with Crippen molar-refractivity contribution in [2.24, 2.45) is 0 Å². The molecule has 0 aromatic carbocycles. The van der Waals surface area contributed by atoms with Crippen molar-refractivity contribution in [1.29, 1.82) is 0 Å². The third-order valence-electron chi connectivity index (χ3n) is 1.64. The van der Waals surface area contributed by atoms with E-state index in [1.807, 2.05) is 0 Å². The molecule has 0 radical (unpaired) electrons. The Kier molecular flexibility index (Phi) is 11.9. The van der Waals surface area contributed by atoms with Gasteiger partial charge in [-0.15, -0.1) is 23.2 Å². The molecule has 0 aliphatic heterocycles. The lowest BCUT2D eigenvalue weighted by Crippen LogP contribution is -2.18. The van der Waals surface area contributed by atoms with Crippen molar-refractivity contribution in [3.63, 3.8) is 0 Å². The van der Waals surface area contributed by atoms with E-state index in [1.54, 1.807) is 0 Å². The molecule has 0 saturated heterocycles. The summed E-state index contributed by atoms with van der Waals surface area (Å²) in [4.78, 5) is 9.45. The molecule has 0 saturated carbocycles. The first kappa shape index (κ1) is 22.6. The van der Waals surface area contributed by atoms with Crippen LogP contribution in [0, 0.1) is 0 Å². The Balaban J connectivity index is 3.81. The first-order chi connectivity index (χ1) is 8.89. The van der Waals surface area contributed by atoms with Gasteiger partial charge in [-0.3, -0.25) is 0 Å². The van der Waals surface area contributed by atoms with Gasteiger partial charge in [0.2, 0.25) is 0 Å². The Morgan fingerprint density at radius 1 is 0.800 bits per heavy atom. The van der Waals surface area contributed by atoms with Crippen LogP contribution in [0.25, 0.3) is 0 Å². The van der Waals surface area contributed by atoms with E-state index in [1.165, 1.54) is 0 Å². The molecule has 1 N–H and O–H groups in total. The molecule has 0 spiro atoms. The van der Waals surface area contributed by atoms with Gasteiger partial charge in [0, 0.05) is 12.8 Å². The zero-order valence-corrected chi connectivity index (χ0v) is 16.7. The van der Waals surface area contributed by atoms with Gasteiger partial charge in [-0.1, -0.05) is 69.6 Å². The van der Waals surface area contributed by atoms with Gasteiger partial charge in [-0.05, 0) is 0 Å². The van der Waals surface area contributed by atoms with Crippen LogP contribution in [0.1, 0.15) is 12.8 Å². The van der Waals surface area contributed by atoms with Crippen molar-refractivity contribution < 1.29 is 13.9 Å². The van der Waals surface area contributed by atoms with Gasteiger partial charge in [-0.2, -0.15) is 0 Å². The van der Waals surface area contributed by atoms with Crippen LogP contribution < -0.4 is 0 Å². The van der Waals surface area contributed by atoms with Crippen molar-refractivity contribution in [2.45, 2.75) is 31.2 Å². The topological polar surface area (TPSA) is 38.7 Å². The summed E-state index contributed by atoms with van der Waals surface area (Å²) in [6.45, 7) is -0.0931. The molecule has 0 rings (SSSR count). The van der Waals surface area contributed by atoms with Crippen molar-refractivity contribution >= 4 is 101 Å². The van der Waals surface area contributed by atoms with Crippen LogP contribution in [0.3, 0.4) is 0 Å². The second kappa shape index (κ2) is 10.5. The fourth-order valence-corrected chi connectivity index (χ4v) is 3.99. The van der Waals surface area contributed by atoms with Crippen LogP contribution in [0.2, 0.25) is 0 Å². The first-order valence-corrected chi connectivity index (χ1v) is 9.32. The minimum atomic E-state index is -2.16. The molecule has 0 aliphatic rings. The predicted octanol–water partition coefficient (Wildman–Crippen LogP) is 5.97. The quantitative estimate of drug-likeness (QED) is 0.351. The summed E-state index contributed by atoms with van der Waals surface area (Å²) >= 11 is 45.0. The van der Waals surface area contributed by atoms with Crippen LogP contribution in [0.4, 0.5) is 0 Å². The zero-order valence-electron chi connectivity index (χ0n) is 9.72. The molecule has 0 aromatic rings. The van der Waals surface area contributed by atoms with E-state index in [0.29, 0.717) is 0 Å². The molecule has 20 heavy (non-hydrogen) atoms. The number of alkyl halides is 8. The first-order valence-electron chi connectivity index (χ1n) is 5.05. The molecule has 0 aromatic heterocycles. The third-order valence-corrected chi connectivity index (χ3v) is 3.86. The fraction of sp³-hybridized carbons (Fsp3) is 1.00. The van der Waals surface area contributed by atoms with E-state index in [2.05, 4.69) is 0 Å². The Hall–Kier alpha value is 2.63. The summed E-state index contributed by atoms with van der Waals surface area (Å²) in [6, 6.07) is 0. The SMILES string of the molecule is OP(OCC(Cl)CC(Cl)(Cl)Cl)OCC(Cl)CC(Cl)(Cl)Cl. The summed E-state index contributed by atoms with van der Waals surface area (Å²) in [5.41, 5.74) is 0. The van der Waals surface area contributed by atoms with E-state index in [0.717, 1.165) is 0 Å². The average molecular weight is 470 g/mol. The number of hydrogen-bond donors (Lipinski definition) is 1. The van der Waals surface area contributed by atoms with E-state index >= 15 is 0 Å². The molecule has 0 fully saturated rings. The van der Waals surface area contributed by atoms with E-state index in [9.17, 15) is 4.89 Å². The van der Waals surface area contributed by atoms with Crippen molar-refractivity contribution in [3.05, 3.63) is 0 Å². The molecule has 122 valence electrons. The maximum atomic E-state index is 9.45. The van der Waals surface area contributed by atoms with Crippen LogP contribution >= 0.6 is 101 Å². The second-order valence-electron chi connectivity index (χ2n) is 3.66. The summed E-state index contributed by atoms with van der Waals surface area (Å²) in [5, 5.41) is -1.17. The maximum absolute atomic E-state index is 9.45. The third kappa shape index (κ3) is 15.5. The standard InChI is InChI=1S/C8H11Cl8O3P/c9-5(1-7(11,12)13)3-18-20(17)19-4-6(10)2-8(14,15)16/h5-6,17H,1-4H2. The van der Waals surface area contributed by atoms with Crippen LogP contribution in [-0.2, 0) is 9.05 Å². The summed E-state index contributed by atoms with van der Waals surface area (Å²) < 4.78 is 6.95. The van der Waals surface area contributed by atoms with Crippen LogP contribution in [0.15, 0.2) is 0 Å². The summed E-state index contributed by atoms with van der Waals surface area (Å²) in [5.74, 6) is 0. The Labute approximate surface area is 159 Å². The van der Waals surface area contributed by atoms with Gasteiger partial charge in [0.1, 0.15) is 0 Å². The lowest BCUT2D eigenvalue weighted by Gasteiger charge is -2.19. The number of halogens is 8. The minimum Gasteiger partial charge on any atom is -0.328 e. The van der Waals surface area contributed by atoms with Crippen molar-refractivity contribution in [2.75, 3.05) is 13.2 Å². The number of hydrogen-bond acceptors (Lipinski definition) is 3. The molecule has 0 aliphatic carbocycles. The highest BCUT2D eigenvalue weighted by atomic mass is 35.6. The average Bonchev–Trinajstić information content (AvgIpc) is 2.18. The molecule has 12 heteroatoms. The van der Waals surface area contributed by atoms with Gasteiger partial charge >= 0.3 is 8.60 Å². The fourth-order valence-electron chi connectivity index (χ4n) is 0.947. The second-order valence-corrected chi connectivity index (χ2v) is 10.9. The predicted molar refractivity (Wildman–Crippen MR) is 90.1 cm³/mol. The molecule has 0 heterocycles. The van der Waals surface area contributed by atoms with Gasteiger partial charge in [0.25, 0.3) is 0 Å². The largest absolute Gasteiger partial charge is 0.329 e. The van der Waals surface area contributed by atoms with Crippen LogP contribution in [0.5, 0.6) is 0 Å². The van der Waals surface area contributed by atoms with Crippen molar-refractivity contribution in [3.8, 4) is 0 Å². The maximum Gasteiger partial charge on any atom is 0.329 e. The van der Waals surface area contributed by atoms with E-state index < -0.39 is 26.9 Å². The van der Waals surface area contributed by atoms with Crippen LogP contribution in [-0.4, -0.2) is 36.4 Å². The normalized spacial score (nSPS) is 17.9. The van der Waals surface area contributed by atoms with Gasteiger partial charge in [0.05, 0.1) is 24.0 Å². The molecule has 2 atom stereocenters. The Morgan fingerprint density at radius 3 is 1.35 bits per heavy atom. The molecular formula is C8H11Cl8O3P. The Morgan fingerprint density at radius 2 is 1.10 bits per heavy atom. The lowest BCUT2D eigenvalue weighted by molar-refractivity contribution is 0.197. The molecular weight excluding hydrogens is 459 g/mol. The summed E-state index contributed by atoms with van der Waals surface area (Å²) in [6.07, 6.45) is 0.127. The zero-order chi connectivity index (χ0) is 16.0. The lowest BCUT2D eigenvalue weighted by atomic mass is 10.3. The van der Waals surface area contributed by atoms with Gasteiger partial charge in [0.15, 0.2) is 7.59 Å². The van der Waals surface area contributed by atoms with Crippen molar-refractivity contribution in [1.82, 2.24) is 0 Å². The van der Waals surface area contributed by atoms with E-state index in [-0.39, 0.29) is 26.1 Å². The smallest absolute Gasteiger partial charge is 0.328 e. The highest BCUT2D eigenvalue weighted by Crippen LogP contribution is 2.38. The highest BCUT2D eigenvalue weighted by Gasteiger charge is 2.27. The number of rotatable bonds is 8. The minimum absolute atomic E-state index is 0.0465. The van der Waals surface area contributed by atoms with Gasteiger partial charge < -0.3 is 13.9 Å². The molecule has 3 nitrogen and oxygen atoms in total. The van der Waals surface area contributed by atoms with E-state index in [4.69, 9.17) is 102 Å². The Bertz CT molecular complexity index is 245. The molecule has 0 bridgehead atoms. The molecule has 2 unspecified atom stereocenters. The molecule has 0 amide bonds. The highest BCUT2D eigenvalue weighted by molar-refractivity contribution is 7.40. The monoisotopic (exact) mass is 466 g/mol. The summed E-state index contributed by atoms with van der Waals surface area (Å²) in [7, 11) is -2.16. The van der Waals surface area contributed by atoms with Gasteiger partial charge in [-0.25, -0.2) is 0 Å².